The molecule has 2 aromatic rings. The standard InChI is InChI=1S/C11H15N5O/c1-3-12-10(17)7-13-11-14-9-6-4-5-8(2)16(9)15-11/h4-6H,3,7H2,1-2H3,(H,12,17)(H,13,15). The third-order valence-electron chi connectivity index (χ3n) is 2.33. The molecule has 2 rings (SSSR count). The van der Waals surface area contributed by atoms with Crippen LogP contribution in [-0.4, -0.2) is 33.6 Å². The number of hydrogen-bond acceptors (Lipinski definition) is 4. The third kappa shape index (κ3) is 2.52. The van der Waals surface area contributed by atoms with E-state index in [0.717, 1.165) is 11.3 Å². The molecule has 0 aliphatic heterocycles. The topological polar surface area (TPSA) is 71.3 Å². The van der Waals surface area contributed by atoms with Gasteiger partial charge in [-0.05, 0) is 26.0 Å². The fourth-order valence-corrected chi connectivity index (χ4v) is 1.53. The van der Waals surface area contributed by atoms with Gasteiger partial charge in [0.1, 0.15) is 0 Å². The lowest BCUT2D eigenvalue weighted by atomic mass is 10.4. The predicted octanol–water partition coefficient (Wildman–Crippen LogP) is 0.586. The summed E-state index contributed by atoms with van der Waals surface area (Å²) in [5.74, 6) is 0.397. The van der Waals surface area contributed by atoms with Crippen LogP contribution in [0.1, 0.15) is 12.6 Å². The highest BCUT2D eigenvalue weighted by Crippen LogP contribution is 2.07. The van der Waals surface area contributed by atoms with Crippen molar-refractivity contribution in [1.29, 1.82) is 0 Å². The second-order valence-electron chi connectivity index (χ2n) is 3.68. The number of nitrogens with zero attached hydrogens (tertiary/aromatic N) is 3. The van der Waals surface area contributed by atoms with Crippen molar-refractivity contribution in [2.24, 2.45) is 0 Å². The Hall–Kier alpha value is -2.11. The normalized spacial score (nSPS) is 10.5. The number of aromatic nitrogens is 3. The van der Waals surface area contributed by atoms with Crippen molar-refractivity contribution in [3.8, 4) is 0 Å². The summed E-state index contributed by atoms with van der Waals surface area (Å²) >= 11 is 0. The summed E-state index contributed by atoms with van der Waals surface area (Å²) < 4.78 is 1.74. The maximum absolute atomic E-state index is 11.3. The summed E-state index contributed by atoms with van der Waals surface area (Å²) in [5, 5.41) is 9.85. The van der Waals surface area contributed by atoms with E-state index in [1.54, 1.807) is 4.52 Å². The molecule has 0 saturated heterocycles. The highest BCUT2D eigenvalue weighted by molar-refractivity contribution is 5.80. The Balaban J connectivity index is 2.10. The van der Waals surface area contributed by atoms with Crippen LogP contribution in [0, 0.1) is 6.92 Å². The molecule has 1 amide bonds. The van der Waals surface area contributed by atoms with Gasteiger partial charge in [-0.1, -0.05) is 6.07 Å². The van der Waals surface area contributed by atoms with Gasteiger partial charge in [0.05, 0.1) is 6.54 Å². The Morgan fingerprint density at radius 1 is 1.47 bits per heavy atom. The molecule has 0 aliphatic carbocycles. The molecule has 0 saturated carbocycles. The maximum Gasteiger partial charge on any atom is 0.243 e. The average Bonchev–Trinajstić information content (AvgIpc) is 2.71. The summed E-state index contributed by atoms with van der Waals surface area (Å²) in [6.07, 6.45) is 0. The van der Waals surface area contributed by atoms with E-state index in [2.05, 4.69) is 20.7 Å². The van der Waals surface area contributed by atoms with Crippen LogP contribution in [0.25, 0.3) is 5.65 Å². The third-order valence-corrected chi connectivity index (χ3v) is 2.33. The van der Waals surface area contributed by atoms with Crippen LogP contribution >= 0.6 is 0 Å². The van der Waals surface area contributed by atoms with Crippen molar-refractivity contribution in [1.82, 2.24) is 19.9 Å². The molecule has 0 atom stereocenters. The Morgan fingerprint density at radius 2 is 2.29 bits per heavy atom. The first-order chi connectivity index (χ1) is 8.20. The molecule has 17 heavy (non-hydrogen) atoms. The lowest BCUT2D eigenvalue weighted by Gasteiger charge is -2.01. The Labute approximate surface area is 99.0 Å². The number of pyridine rings is 1. The molecule has 0 bridgehead atoms. The van der Waals surface area contributed by atoms with Crippen molar-refractivity contribution in [3.05, 3.63) is 23.9 Å². The molecule has 0 spiro atoms. The maximum atomic E-state index is 11.3. The number of likely N-dealkylation sites (N-methyl/N-ethyl adjacent to an activating group) is 1. The van der Waals surface area contributed by atoms with Gasteiger partial charge in [0, 0.05) is 12.2 Å². The number of rotatable bonds is 4. The highest BCUT2D eigenvalue weighted by atomic mass is 16.1. The van der Waals surface area contributed by atoms with E-state index < -0.39 is 0 Å². The smallest absolute Gasteiger partial charge is 0.243 e. The SMILES string of the molecule is CCNC(=O)CNc1nc2cccc(C)n2n1. The second-order valence-corrected chi connectivity index (χ2v) is 3.68. The molecular formula is C11H15N5O. The quantitative estimate of drug-likeness (QED) is 0.810. The second kappa shape index (κ2) is 4.82. The molecular weight excluding hydrogens is 218 g/mol. The molecule has 0 fully saturated rings. The van der Waals surface area contributed by atoms with E-state index in [1.165, 1.54) is 0 Å². The summed E-state index contributed by atoms with van der Waals surface area (Å²) in [4.78, 5) is 15.5. The number of fused-ring (bicyclic) bond motifs is 1. The van der Waals surface area contributed by atoms with E-state index in [9.17, 15) is 4.79 Å². The van der Waals surface area contributed by atoms with Gasteiger partial charge < -0.3 is 10.6 Å². The molecule has 90 valence electrons. The minimum Gasteiger partial charge on any atom is -0.355 e. The van der Waals surface area contributed by atoms with E-state index in [0.29, 0.717) is 12.5 Å². The molecule has 6 nitrogen and oxygen atoms in total. The van der Waals surface area contributed by atoms with Gasteiger partial charge in [0.15, 0.2) is 5.65 Å². The molecule has 0 radical (unpaired) electrons. The predicted molar refractivity (Wildman–Crippen MR) is 64.9 cm³/mol. The lowest BCUT2D eigenvalue weighted by Crippen LogP contribution is -2.29. The molecule has 6 heteroatoms. The van der Waals surface area contributed by atoms with E-state index in [-0.39, 0.29) is 12.5 Å². The first-order valence-electron chi connectivity index (χ1n) is 5.53. The van der Waals surface area contributed by atoms with Crippen LogP contribution in [0.5, 0.6) is 0 Å². The molecule has 0 aromatic carbocycles. The molecule has 2 N–H and O–H groups in total. The number of amides is 1. The number of anilines is 1. The zero-order valence-electron chi connectivity index (χ0n) is 9.90. The van der Waals surface area contributed by atoms with Gasteiger partial charge >= 0.3 is 0 Å². The molecule has 2 aromatic heterocycles. The average molecular weight is 233 g/mol. The van der Waals surface area contributed by atoms with Crippen LogP contribution in [0.2, 0.25) is 0 Å². The summed E-state index contributed by atoms with van der Waals surface area (Å²) in [7, 11) is 0. The van der Waals surface area contributed by atoms with Gasteiger partial charge in [-0.3, -0.25) is 4.79 Å². The summed E-state index contributed by atoms with van der Waals surface area (Å²) in [6, 6.07) is 5.75. The van der Waals surface area contributed by atoms with Crippen molar-refractivity contribution < 1.29 is 4.79 Å². The fourth-order valence-electron chi connectivity index (χ4n) is 1.53. The Kier molecular flexibility index (Phi) is 3.22. The van der Waals surface area contributed by atoms with Crippen LogP contribution < -0.4 is 10.6 Å². The van der Waals surface area contributed by atoms with Crippen molar-refractivity contribution in [2.45, 2.75) is 13.8 Å². The minimum atomic E-state index is -0.0666. The van der Waals surface area contributed by atoms with Gasteiger partial charge in [-0.2, -0.15) is 4.98 Å². The Morgan fingerprint density at radius 3 is 3.00 bits per heavy atom. The van der Waals surface area contributed by atoms with Crippen LogP contribution in [0.15, 0.2) is 18.2 Å². The Bertz CT molecular complexity index is 534. The van der Waals surface area contributed by atoms with Crippen LogP contribution in [-0.2, 0) is 4.79 Å². The minimum absolute atomic E-state index is 0.0666. The molecule has 0 unspecified atom stereocenters. The van der Waals surface area contributed by atoms with E-state index >= 15 is 0 Å². The van der Waals surface area contributed by atoms with Gasteiger partial charge in [0.25, 0.3) is 0 Å². The van der Waals surface area contributed by atoms with Gasteiger partial charge in [-0.25, -0.2) is 4.52 Å². The van der Waals surface area contributed by atoms with Crippen LogP contribution in [0.3, 0.4) is 0 Å². The molecule has 0 aliphatic rings. The number of nitrogens with one attached hydrogen (secondary N) is 2. The van der Waals surface area contributed by atoms with E-state index in [4.69, 9.17) is 0 Å². The highest BCUT2D eigenvalue weighted by Gasteiger charge is 2.05. The number of carbonyl (C=O) groups is 1. The number of carbonyl (C=O) groups excluding carboxylic acids is 1. The van der Waals surface area contributed by atoms with E-state index in [1.807, 2.05) is 32.0 Å². The monoisotopic (exact) mass is 233 g/mol. The molecule has 2 heterocycles. The summed E-state index contributed by atoms with van der Waals surface area (Å²) in [6.45, 7) is 4.64. The zero-order chi connectivity index (χ0) is 12.3. The lowest BCUT2D eigenvalue weighted by molar-refractivity contribution is -0.119. The number of aryl methyl sites for hydroxylation is 1. The first kappa shape index (κ1) is 11.4. The zero-order valence-corrected chi connectivity index (χ0v) is 9.90. The number of hydrogen-bond donors (Lipinski definition) is 2. The largest absolute Gasteiger partial charge is 0.355 e. The van der Waals surface area contributed by atoms with Crippen molar-refractivity contribution in [3.63, 3.8) is 0 Å². The van der Waals surface area contributed by atoms with Crippen LogP contribution in [0.4, 0.5) is 5.95 Å². The van der Waals surface area contributed by atoms with Gasteiger partial charge in [0.2, 0.25) is 11.9 Å². The summed E-state index contributed by atoms with van der Waals surface area (Å²) in [5.41, 5.74) is 1.77. The van der Waals surface area contributed by atoms with Crippen molar-refractivity contribution in [2.75, 3.05) is 18.4 Å². The fraction of sp³-hybridized carbons (Fsp3) is 0.364. The van der Waals surface area contributed by atoms with Crippen molar-refractivity contribution >= 4 is 17.5 Å². The van der Waals surface area contributed by atoms with Gasteiger partial charge in [-0.15, -0.1) is 5.10 Å². The first-order valence-corrected chi connectivity index (χ1v) is 5.53.